The summed E-state index contributed by atoms with van der Waals surface area (Å²) < 4.78 is 42.2. The van der Waals surface area contributed by atoms with Crippen molar-refractivity contribution in [3.05, 3.63) is 24.2 Å². The van der Waals surface area contributed by atoms with Gasteiger partial charge in [0, 0.05) is 18.4 Å². The van der Waals surface area contributed by atoms with Crippen LogP contribution in [0.5, 0.6) is 0 Å². The first-order valence-corrected chi connectivity index (χ1v) is 10.1. The summed E-state index contributed by atoms with van der Waals surface area (Å²) in [6.45, 7) is 1.88. The maximum Gasteiger partial charge on any atom is 0.421 e. The van der Waals surface area contributed by atoms with Crippen LogP contribution in [0.25, 0.3) is 0 Å². The van der Waals surface area contributed by atoms with Gasteiger partial charge in [0.15, 0.2) is 0 Å². The Hall–Kier alpha value is -2.89. The summed E-state index contributed by atoms with van der Waals surface area (Å²) in [6, 6.07) is -0.492. The average molecular weight is 439 g/mol. The number of carbonyl (C=O) groups excluding carboxylic acids is 1. The lowest BCUT2D eigenvalue weighted by Gasteiger charge is -2.30. The van der Waals surface area contributed by atoms with Crippen LogP contribution in [0.4, 0.5) is 30.6 Å². The molecule has 4 rings (SSSR count). The van der Waals surface area contributed by atoms with Crippen molar-refractivity contribution in [1.29, 1.82) is 0 Å². The number of carbonyl (C=O) groups is 1. The van der Waals surface area contributed by atoms with Crippen LogP contribution >= 0.6 is 0 Å². The molecule has 9 nitrogen and oxygen atoms in total. The number of halogens is 3. The van der Waals surface area contributed by atoms with E-state index in [1.54, 1.807) is 13.1 Å². The van der Waals surface area contributed by atoms with Gasteiger partial charge >= 0.3 is 6.18 Å². The first-order chi connectivity index (χ1) is 14.6. The number of fused-ring (bicyclic) bond motifs is 2. The molecule has 5 atom stereocenters. The molecule has 1 amide bonds. The Morgan fingerprint density at radius 2 is 2.10 bits per heavy atom. The summed E-state index contributed by atoms with van der Waals surface area (Å²) in [5, 5.41) is 19.2. The summed E-state index contributed by atoms with van der Waals surface area (Å²) in [7, 11) is 0. The highest BCUT2D eigenvalue weighted by atomic mass is 19.4. The van der Waals surface area contributed by atoms with Crippen LogP contribution in [0.3, 0.4) is 0 Å². The maximum absolute atomic E-state index is 13.6. The minimum absolute atomic E-state index is 0.0501. The molecule has 0 aliphatic heterocycles. The van der Waals surface area contributed by atoms with Gasteiger partial charge in [-0.25, -0.2) is 4.98 Å². The van der Waals surface area contributed by atoms with Crippen molar-refractivity contribution in [3.63, 3.8) is 0 Å². The van der Waals surface area contributed by atoms with Gasteiger partial charge in [-0.2, -0.15) is 23.3 Å². The first-order valence-electron chi connectivity index (χ1n) is 10.1. The summed E-state index contributed by atoms with van der Waals surface area (Å²) >= 11 is 0. The van der Waals surface area contributed by atoms with Crippen molar-refractivity contribution < 1.29 is 23.1 Å². The minimum atomic E-state index is -4.66. The molecule has 12 heteroatoms. The summed E-state index contributed by atoms with van der Waals surface area (Å²) in [4.78, 5) is 19.8. The molecule has 0 unspecified atom stereocenters. The van der Waals surface area contributed by atoms with Gasteiger partial charge in [0.05, 0.1) is 30.5 Å². The molecule has 2 saturated carbocycles. The molecule has 2 heterocycles. The normalized spacial score (nSPS) is 26.1. The van der Waals surface area contributed by atoms with E-state index in [0.29, 0.717) is 11.9 Å². The average Bonchev–Trinajstić information content (AvgIpc) is 3.37. The summed E-state index contributed by atoms with van der Waals surface area (Å²) in [5.41, 5.74) is 5.00. The number of aromatic nitrogens is 4. The van der Waals surface area contributed by atoms with Gasteiger partial charge < -0.3 is 21.5 Å². The molecule has 0 radical (unpaired) electrons. The van der Waals surface area contributed by atoms with E-state index < -0.39 is 35.7 Å². The zero-order valence-corrected chi connectivity index (χ0v) is 16.8. The molecular weight excluding hydrogens is 415 g/mol. The third kappa shape index (κ3) is 4.43. The van der Waals surface area contributed by atoms with E-state index in [-0.39, 0.29) is 30.1 Å². The zero-order chi connectivity index (χ0) is 22.3. The van der Waals surface area contributed by atoms with E-state index in [1.807, 2.05) is 0 Å². The zero-order valence-electron chi connectivity index (χ0n) is 16.8. The van der Waals surface area contributed by atoms with Crippen molar-refractivity contribution in [2.24, 2.45) is 23.5 Å². The predicted octanol–water partition coefficient (Wildman–Crippen LogP) is 2.13. The van der Waals surface area contributed by atoms with E-state index >= 15 is 0 Å². The molecule has 2 aliphatic rings. The number of amides is 1. The van der Waals surface area contributed by atoms with Gasteiger partial charge in [-0.05, 0) is 38.0 Å². The predicted molar refractivity (Wildman–Crippen MR) is 105 cm³/mol. The smallest absolute Gasteiger partial charge is 0.391 e. The molecule has 5 N–H and O–H groups in total. The lowest BCUT2D eigenvalue weighted by atomic mass is 9.84. The number of aliphatic hydroxyl groups is 1. The maximum atomic E-state index is 13.6. The number of hydrogen-bond donors (Lipinski definition) is 4. The lowest BCUT2D eigenvalue weighted by molar-refractivity contribution is -0.137. The third-order valence-electron chi connectivity index (χ3n) is 5.98. The molecule has 2 bridgehead atoms. The van der Waals surface area contributed by atoms with Crippen LogP contribution in [0, 0.1) is 17.8 Å². The van der Waals surface area contributed by atoms with Gasteiger partial charge in [-0.3, -0.25) is 9.48 Å². The molecule has 0 saturated heterocycles. The number of primary amides is 1. The van der Waals surface area contributed by atoms with Crippen LogP contribution in [-0.4, -0.2) is 42.9 Å². The molecule has 2 aromatic rings. The van der Waals surface area contributed by atoms with Crippen LogP contribution in [-0.2, 0) is 17.5 Å². The Balaban J connectivity index is 1.60. The fourth-order valence-corrected chi connectivity index (χ4v) is 4.75. The molecular formula is C19H24F3N7O2. The highest BCUT2D eigenvalue weighted by Crippen LogP contribution is 2.50. The van der Waals surface area contributed by atoms with E-state index in [4.69, 9.17) is 5.73 Å². The van der Waals surface area contributed by atoms with Crippen LogP contribution < -0.4 is 16.4 Å². The highest BCUT2D eigenvalue weighted by Gasteiger charge is 2.51. The number of aliphatic hydroxyl groups excluding tert-OH is 1. The standard InChI is InChI=1S/C19H24F3N7O2/c1-9(30)7-29-8-12(5-25-29)26-18-24-6-13(19(20,21)22)17(28-18)27-15-11-3-2-10(4-11)14(15)16(23)31/h5-6,8-11,14-15,30H,2-4,7H2,1H3,(H2,23,31)(H2,24,26,27,28)/t9-,10-,11+,14+,15-/m1/s1. The Bertz CT molecular complexity index is 962. The second-order valence-corrected chi connectivity index (χ2v) is 8.31. The van der Waals surface area contributed by atoms with E-state index in [1.165, 1.54) is 10.9 Å². The van der Waals surface area contributed by atoms with Gasteiger partial charge in [-0.15, -0.1) is 0 Å². The van der Waals surface area contributed by atoms with Gasteiger partial charge in [0.2, 0.25) is 11.9 Å². The SMILES string of the molecule is C[C@@H](O)Cn1cc(Nc2ncc(C(F)(F)F)c(N[C@@H]3[C@H]4CC[C@H](C4)[C@@H]3C(N)=O)n2)cn1. The van der Waals surface area contributed by atoms with Crippen molar-refractivity contribution in [2.45, 2.75) is 51.1 Å². The van der Waals surface area contributed by atoms with Crippen molar-refractivity contribution in [3.8, 4) is 0 Å². The topological polar surface area (TPSA) is 131 Å². The highest BCUT2D eigenvalue weighted by molar-refractivity contribution is 5.79. The largest absolute Gasteiger partial charge is 0.421 e. The molecule has 2 fully saturated rings. The second kappa shape index (κ2) is 7.98. The second-order valence-electron chi connectivity index (χ2n) is 8.31. The first kappa shape index (κ1) is 21.3. The van der Waals surface area contributed by atoms with Gasteiger partial charge in [-0.1, -0.05) is 0 Å². The van der Waals surface area contributed by atoms with Crippen molar-refractivity contribution in [2.75, 3.05) is 10.6 Å². The van der Waals surface area contributed by atoms with Gasteiger partial charge in [0.1, 0.15) is 11.4 Å². The van der Waals surface area contributed by atoms with E-state index in [2.05, 4.69) is 25.7 Å². The summed E-state index contributed by atoms with van der Waals surface area (Å²) in [5.74, 6) is -1.29. The number of nitrogens with one attached hydrogen (secondary N) is 2. The van der Waals surface area contributed by atoms with Crippen LogP contribution in [0.2, 0.25) is 0 Å². The molecule has 31 heavy (non-hydrogen) atoms. The quantitative estimate of drug-likeness (QED) is 0.520. The number of nitrogens with zero attached hydrogens (tertiary/aromatic N) is 4. The number of anilines is 3. The Labute approximate surface area is 176 Å². The molecule has 2 aromatic heterocycles. The summed E-state index contributed by atoms with van der Waals surface area (Å²) in [6.07, 6.45) is 0.946. The Morgan fingerprint density at radius 1 is 1.35 bits per heavy atom. The minimum Gasteiger partial charge on any atom is -0.391 e. The number of rotatable bonds is 7. The number of nitrogens with two attached hydrogens (primary N) is 1. The van der Waals surface area contributed by atoms with Gasteiger partial charge in [0.25, 0.3) is 0 Å². The van der Waals surface area contributed by atoms with E-state index in [9.17, 15) is 23.1 Å². The van der Waals surface area contributed by atoms with Crippen LogP contribution in [0.15, 0.2) is 18.6 Å². The fourth-order valence-electron chi connectivity index (χ4n) is 4.75. The van der Waals surface area contributed by atoms with Crippen LogP contribution in [0.1, 0.15) is 31.7 Å². The Morgan fingerprint density at radius 3 is 2.77 bits per heavy atom. The lowest BCUT2D eigenvalue weighted by Crippen LogP contribution is -2.43. The molecule has 0 aromatic carbocycles. The number of alkyl halides is 3. The van der Waals surface area contributed by atoms with E-state index in [0.717, 1.165) is 19.3 Å². The molecule has 0 spiro atoms. The number of hydrogen-bond acceptors (Lipinski definition) is 7. The van der Waals surface area contributed by atoms with Crippen molar-refractivity contribution >= 4 is 23.4 Å². The molecule has 2 aliphatic carbocycles. The molecule has 168 valence electrons. The Kier molecular flexibility index (Phi) is 5.50. The monoisotopic (exact) mass is 439 g/mol. The third-order valence-corrected chi connectivity index (χ3v) is 5.98. The fraction of sp³-hybridized carbons (Fsp3) is 0.579. The van der Waals surface area contributed by atoms with Crippen molar-refractivity contribution in [1.82, 2.24) is 19.7 Å².